The third-order valence-corrected chi connectivity index (χ3v) is 2.79. The molecule has 112 valence electrons. The Hall–Kier alpha value is -2.28. The van der Waals surface area contributed by atoms with Crippen molar-refractivity contribution in [1.29, 1.82) is 0 Å². The molecule has 0 bridgehead atoms. The van der Waals surface area contributed by atoms with E-state index in [1.807, 2.05) is 0 Å². The van der Waals surface area contributed by atoms with Gasteiger partial charge in [-0.3, -0.25) is 10.1 Å². The van der Waals surface area contributed by atoms with Crippen LogP contribution in [-0.4, -0.2) is 27.2 Å². The second kappa shape index (κ2) is 6.01. The molecule has 0 saturated heterocycles. The average molecular weight is 290 g/mol. The summed E-state index contributed by atoms with van der Waals surface area (Å²) in [6, 6.07) is 6.32. The predicted molar refractivity (Wildman–Crippen MR) is 77.8 cm³/mol. The highest BCUT2D eigenvalue weighted by molar-refractivity contribution is 5.66. The lowest BCUT2D eigenvalue weighted by molar-refractivity contribution is -0.384. The zero-order chi connectivity index (χ0) is 15.5. The lowest BCUT2D eigenvalue weighted by Gasteiger charge is -2.19. The minimum absolute atomic E-state index is 0.0149. The summed E-state index contributed by atoms with van der Waals surface area (Å²) in [7, 11) is 0. The van der Waals surface area contributed by atoms with Gasteiger partial charge in [0.1, 0.15) is 5.56 Å². The van der Waals surface area contributed by atoms with Gasteiger partial charge in [-0.1, -0.05) is 12.1 Å². The van der Waals surface area contributed by atoms with Crippen LogP contribution in [0.2, 0.25) is 0 Å². The van der Waals surface area contributed by atoms with Gasteiger partial charge in [0.15, 0.2) is 0 Å². The van der Waals surface area contributed by atoms with Gasteiger partial charge in [0.2, 0.25) is 5.89 Å². The van der Waals surface area contributed by atoms with Crippen LogP contribution in [0.25, 0.3) is 11.5 Å². The van der Waals surface area contributed by atoms with Gasteiger partial charge in [0, 0.05) is 24.6 Å². The van der Waals surface area contributed by atoms with E-state index in [-0.39, 0.29) is 17.1 Å². The van der Waals surface area contributed by atoms with Crippen molar-refractivity contribution in [1.82, 2.24) is 15.5 Å². The second-order valence-electron chi connectivity index (χ2n) is 5.70. The Morgan fingerprint density at radius 1 is 1.29 bits per heavy atom. The third-order valence-electron chi connectivity index (χ3n) is 2.79. The lowest BCUT2D eigenvalue weighted by Crippen LogP contribution is -2.37. The summed E-state index contributed by atoms with van der Waals surface area (Å²) in [6.07, 6.45) is 0.574. The normalized spacial score (nSPS) is 11.6. The standard InChI is InChI=1S/C14H18N4O3/c1-14(2,3)15-9-8-12-16-17-13(21-12)10-6-4-5-7-11(10)18(19)20/h4-7,15H,8-9H2,1-3H3. The Kier molecular flexibility index (Phi) is 4.32. The highest BCUT2D eigenvalue weighted by Crippen LogP contribution is 2.28. The van der Waals surface area contributed by atoms with Gasteiger partial charge in [-0.2, -0.15) is 0 Å². The van der Waals surface area contributed by atoms with Crippen LogP contribution in [0.5, 0.6) is 0 Å². The molecule has 2 aromatic rings. The van der Waals surface area contributed by atoms with Gasteiger partial charge >= 0.3 is 0 Å². The van der Waals surface area contributed by atoms with E-state index < -0.39 is 4.92 Å². The number of rotatable bonds is 5. The molecule has 0 aliphatic rings. The zero-order valence-electron chi connectivity index (χ0n) is 12.3. The summed E-state index contributed by atoms with van der Waals surface area (Å²) in [5.74, 6) is 0.632. The number of nitrogens with zero attached hydrogens (tertiary/aromatic N) is 3. The number of para-hydroxylation sites is 1. The van der Waals surface area contributed by atoms with Gasteiger partial charge in [0.25, 0.3) is 11.6 Å². The fourth-order valence-electron chi connectivity index (χ4n) is 1.82. The van der Waals surface area contributed by atoms with Gasteiger partial charge in [-0.15, -0.1) is 10.2 Å². The van der Waals surface area contributed by atoms with E-state index in [0.29, 0.717) is 24.4 Å². The van der Waals surface area contributed by atoms with Crippen LogP contribution in [0, 0.1) is 10.1 Å². The zero-order valence-corrected chi connectivity index (χ0v) is 12.3. The molecule has 0 amide bonds. The fourth-order valence-corrected chi connectivity index (χ4v) is 1.82. The first-order valence-electron chi connectivity index (χ1n) is 6.68. The van der Waals surface area contributed by atoms with E-state index >= 15 is 0 Å². The van der Waals surface area contributed by atoms with Crippen LogP contribution >= 0.6 is 0 Å². The molecule has 0 radical (unpaired) electrons. The average Bonchev–Trinajstić information content (AvgIpc) is 2.86. The van der Waals surface area contributed by atoms with Crippen molar-refractivity contribution >= 4 is 5.69 Å². The summed E-state index contributed by atoms with van der Waals surface area (Å²) in [4.78, 5) is 10.5. The molecule has 21 heavy (non-hydrogen) atoms. The molecule has 1 aromatic carbocycles. The van der Waals surface area contributed by atoms with E-state index in [1.165, 1.54) is 6.07 Å². The summed E-state index contributed by atoms with van der Waals surface area (Å²) in [5.41, 5.74) is 0.312. The first kappa shape index (κ1) is 15.1. The van der Waals surface area contributed by atoms with Crippen molar-refractivity contribution in [2.24, 2.45) is 0 Å². The Bertz CT molecular complexity index is 631. The van der Waals surface area contributed by atoms with Crippen LogP contribution in [-0.2, 0) is 6.42 Å². The number of nitro benzene ring substituents is 1. The molecule has 0 fully saturated rings. The number of hydrogen-bond donors (Lipinski definition) is 1. The lowest BCUT2D eigenvalue weighted by atomic mass is 10.1. The summed E-state index contributed by atoms with van der Waals surface area (Å²) in [5, 5.41) is 22.1. The molecule has 2 rings (SSSR count). The molecule has 7 heteroatoms. The fraction of sp³-hybridized carbons (Fsp3) is 0.429. The van der Waals surface area contributed by atoms with Crippen LogP contribution in [0.1, 0.15) is 26.7 Å². The Balaban J connectivity index is 2.12. The molecule has 1 heterocycles. The summed E-state index contributed by atoms with van der Waals surface area (Å²) >= 11 is 0. The van der Waals surface area contributed by atoms with Crippen LogP contribution < -0.4 is 5.32 Å². The van der Waals surface area contributed by atoms with Crippen molar-refractivity contribution < 1.29 is 9.34 Å². The van der Waals surface area contributed by atoms with Gasteiger partial charge in [-0.25, -0.2) is 0 Å². The molecule has 0 aliphatic carbocycles. The molecular formula is C14H18N4O3. The van der Waals surface area contributed by atoms with Crippen molar-refractivity contribution in [3.05, 3.63) is 40.3 Å². The van der Waals surface area contributed by atoms with Crippen LogP contribution in [0.3, 0.4) is 0 Å². The molecular weight excluding hydrogens is 272 g/mol. The molecule has 0 aliphatic heterocycles. The van der Waals surface area contributed by atoms with Gasteiger partial charge in [0.05, 0.1) is 4.92 Å². The molecule has 0 atom stereocenters. The third kappa shape index (κ3) is 4.09. The SMILES string of the molecule is CC(C)(C)NCCc1nnc(-c2ccccc2[N+](=O)[O-])o1. The van der Waals surface area contributed by atoms with Gasteiger partial charge in [-0.05, 0) is 26.8 Å². The number of nitrogens with one attached hydrogen (secondary N) is 1. The quantitative estimate of drug-likeness (QED) is 0.671. The van der Waals surface area contributed by atoms with E-state index in [1.54, 1.807) is 18.2 Å². The Labute approximate surface area is 122 Å². The second-order valence-corrected chi connectivity index (χ2v) is 5.70. The number of hydrogen-bond acceptors (Lipinski definition) is 6. The number of benzene rings is 1. The van der Waals surface area contributed by atoms with E-state index in [9.17, 15) is 10.1 Å². The van der Waals surface area contributed by atoms with E-state index in [0.717, 1.165) is 0 Å². The highest BCUT2D eigenvalue weighted by Gasteiger charge is 2.19. The van der Waals surface area contributed by atoms with Crippen molar-refractivity contribution in [3.8, 4) is 11.5 Å². The molecule has 0 unspecified atom stereocenters. The van der Waals surface area contributed by atoms with Crippen LogP contribution in [0.4, 0.5) is 5.69 Å². The predicted octanol–water partition coefficient (Wildman–Crippen LogP) is 2.58. The molecule has 1 aromatic heterocycles. The monoisotopic (exact) mass is 290 g/mol. The number of nitro groups is 1. The Morgan fingerprint density at radius 3 is 2.67 bits per heavy atom. The molecule has 1 N–H and O–H groups in total. The maximum Gasteiger partial charge on any atom is 0.282 e. The summed E-state index contributed by atoms with van der Waals surface area (Å²) in [6.45, 7) is 6.90. The van der Waals surface area contributed by atoms with Crippen LogP contribution in [0.15, 0.2) is 28.7 Å². The molecule has 7 nitrogen and oxygen atoms in total. The number of aromatic nitrogens is 2. The first-order chi connectivity index (χ1) is 9.87. The molecule has 0 saturated carbocycles. The smallest absolute Gasteiger partial charge is 0.282 e. The van der Waals surface area contributed by atoms with Gasteiger partial charge < -0.3 is 9.73 Å². The van der Waals surface area contributed by atoms with E-state index in [4.69, 9.17) is 4.42 Å². The molecule has 0 spiro atoms. The maximum absolute atomic E-state index is 11.0. The van der Waals surface area contributed by atoms with Crippen molar-refractivity contribution in [3.63, 3.8) is 0 Å². The summed E-state index contributed by atoms with van der Waals surface area (Å²) < 4.78 is 5.51. The Morgan fingerprint density at radius 2 is 2.00 bits per heavy atom. The maximum atomic E-state index is 11.0. The van der Waals surface area contributed by atoms with Crippen molar-refractivity contribution in [2.45, 2.75) is 32.7 Å². The topological polar surface area (TPSA) is 94.1 Å². The largest absolute Gasteiger partial charge is 0.420 e. The van der Waals surface area contributed by atoms with E-state index in [2.05, 4.69) is 36.3 Å². The highest BCUT2D eigenvalue weighted by atomic mass is 16.6. The minimum atomic E-state index is -0.458. The van der Waals surface area contributed by atoms with Crippen molar-refractivity contribution in [2.75, 3.05) is 6.54 Å². The minimum Gasteiger partial charge on any atom is -0.420 e. The first-order valence-corrected chi connectivity index (χ1v) is 6.68.